The summed E-state index contributed by atoms with van der Waals surface area (Å²) in [5.41, 5.74) is 4.24. The van der Waals surface area contributed by atoms with Gasteiger partial charge in [0.25, 0.3) is 0 Å². The van der Waals surface area contributed by atoms with Crippen LogP contribution < -0.4 is 5.50 Å². The molecule has 3 N–H and O–H groups in total. The topological polar surface area (TPSA) is 63.3 Å². The summed E-state index contributed by atoms with van der Waals surface area (Å²) in [4.78, 5) is 7.63. The molecule has 0 spiro atoms. The zero-order valence-electron chi connectivity index (χ0n) is 2.46. The van der Waals surface area contributed by atoms with Gasteiger partial charge in [0.05, 0.1) is 0 Å². The van der Waals surface area contributed by atoms with E-state index in [0.29, 0.717) is 0 Å². The van der Waals surface area contributed by atoms with Crippen LogP contribution >= 0.6 is 7.40 Å². The molecule has 0 aliphatic rings. The van der Waals surface area contributed by atoms with Crippen LogP contribution in [0.4, 0.5) is 0 Å². The summed E-state index contributed by atoms with van der Waals surface area (Å²) in [5.74, 6) is 0. The monoisotopic (exact) mass is 91.0 g/mol. The van der Waals surface area contributed by atoms with Gasteiger partial charge < -0.3 is 4.89 Å². The predicted octanol–water partition coefficient (Wildman–Crippen LogP) is -0.786. The Morgan fingerprint density at radius 3 is 2.00 bits per heavy atom. The lowest BCUT2D eigenvalue weighted by molar-refractivity contribution is 0.497. The van der Waals surface area contributed by atoms with Crippen molar-refractivity contribution in [2.75, 3.05) is 0 Å². The third-order valence-electron chi connectivity index (χ3n) is 0. The van der Waals surface area contributed by atoms with E-state index >= 15 is 0 Å². The molecule has 0 fully saturated rings. The molecule has 0 aromatic carbocycles. The molecule has 1 atom stereocenters. The smallest absolute Gasteiger partial charge is 0.224 e. The van der Waals surface area contributed by atoms with Crippen molar-refractivity contribution in [2.24, 2.45) is 5.50 Å². The Kier molecular flexibility index (Phi) is 1.18. The van der Waals surface area contributed by atoms with E-state index in [-0.39, 0.29) is 0 Å². The Morgan fingerprint density at radius 2 is 2.00 bits per heavy atom. The molecule has 0 bridgehead atoms. The fraction of sp³-hybridized carbons (Fsp3) is 0. The molecule has 0 saturated heterocycles. The van der Waals surface area contributed by atoms with Gasteiger partial charge in [-0.3, -0.25) is 10.1 Å². The summed E-state index contributed by atoms with van der Waals surface area (Å²) >= 11 is 0. The van der Waals surface area contributed by atoms with Crippen molar-refractivity contribution in [3.8, 4) is 0 Å². The number of hydrogen-bond acceptors (Lipinski definition) is 1. The third kappa shape index (κ3) is 448. The lowest BCUT2D eigenvalue weighted by Crippen LogP contribution is -1.88. The van der Waals surface area contributed by atoms with E-state index in [1.54, 1.807) is 0 Å². The summed E-state index contributed by atoms with van der Waals surface area (Å²) in [7, 11) is 0.604. The Balaban J connectivity index is 3.47. The van der Waals surface area contributed by atoms with Gasteiger partial charge in [-0.1, -0.05) is 0 Å². The molecule has 0 aliphatic carbocycles. The van der Waals surface area contributed by atoms with Crippen molar-refractivity contribution in [1.82, 2.24) is 0 Å². The van der Waals surface area contributed by atoms with E-state index in [1.165, 1.54) is 0 Å². The first-order valence-corrected chi connectivity index (χ1v) is 2.70. The van der Waals surface area contributed by atoms with Crippen molar-refractivity contribution >= 4 is 15.0 Å². The molecule has 0 rings (SSSR count). The van der Waals surface area contributed by atoms with Crippen LogP contribution in [-0.4, -0.2) is 12.5 Å². The van der Waals surface area contributed by atoms with Crippen LogP contribution in [0, 0.1) is 0 Å². The molecule has 3 nitrogen and oxygen atoms in total. The molecule has 0 aliphatic heterocycles. The molecule has 2 radical (unpaired) electrons. The highest BCUT2D eigenvalue weighted by molar-refractivity contribution is 7.80. The SMILES string of the molecule is [B]P(N)(=O)O. The quantitative estimate of drug-likeness (QED) is 0.303. The second kappa shape index (κ2) is 1.13. The summed E-state index contributed by atoms with van der Waals surface area (Å²) in [6.07, 6.45) is 0. The van der Waals surface area contributed by atoms with Gasteiger partial charge in [-0.05, 0) is 0 Å². The third-order valence-corrected chi connectivity index (χ3v) is 0. The highest BCUT2D eigenvalue weighted by atomic mass is 31.2. The second-order valence-corrected chi connectivity index (χ2v) is 2.02. The second-order valence-electron chi connectivity index (χ2n) is 0.672. The molecule has 0 saturated carbocycles. The maximum Gasteiger partial charge on any atom is 0.224 e. The largest absolute Gasteiger partial charge is 0.342 e. The minimum absolute atomic E-state index is 3.64. The van der Waals surface area contributed by atoms with Crippen molar-refractivity contribution in [1.29, 1.82) is 0 Å². The Hall–Kier alpha value is 0.215. The lowest BCUT2D eigenvalue weighted by Gasteiger charge is -1.87. The lowest BCUT2D eigenvalue weighted by atomic mass is 10.8. The maximum absolute atomic E-state index is 9.33. The molecule has 0 heterocycles. The molecule has 5 heteroatoms. The normalized spacial score (nSPS) is 21.2. The van der Waals surface area contributed by atoms with Crippen molar-refractivity contribution in [2.45, 2.75) is 0 Å². The molecule has 5 heavy (non-hydrogen) atoms. The standard InChI is InChI=1S/BH3NO2P/c1-5(2,3)4/h(H3,2,3,4). The minimum Gasteiger partial charge on any atom is -0.342 e. The zero-order chi connectivity index (χ0) is 4.50. The number of rotatable bonds is 0. The summed E-state index contributed by atoms with van der Waals surface area (Å²) in [6.45, 7) is 0. The summed E-state index contributed by atoms with van der Waals surface area (Å²) < 4.78 is 9.33. The molecular formula is H3BNO2P. The van der Waals surface area contributed by atoms with E-state index < -0.39 is 7.40 Å². The van der Waals surface area contributed by atoms with E-state index in [2.05, 4.69) is 13.1 Å². The highest BCUT2D eigenvalue weighted by Gasteiger charge is 1.92. The minimum atomic E-state index is -3.64. The molecule has 0 amide bonds. The first kappa shape index (κ1) is 5.21. The fourth-order valence-corrected chi connectivity index (χ4v) is 0. The van der Waals surface area contributed by atoms with Gasteiger partial charge in [-0.2, -0.15) is 0 Å². The van der Waals surface area contributed by atoms with Gasteiger partial charge >= 0.3 is 0 Å². The Bertz CT molecular complexity index is 55.8. The van der Waals surface area contributed by atoms with Crippen LogP contribution in [-0.2, 0) is 4.57 Å². The Morgan fingerprint density at radius 1 is 2.00 bits per heavy atom. The summed E-state index contributed by atoms with van der Waals surface area (Å²) in [6, 6.07) is 0. The first-order valence-electron chi connectivity index (χ1n) is 0.899. The van der Waals surface area contributed by atoms with E-state index in [4.69, 9.17) is 4.89 Å². The molecule has 28 valence electrons. The van der Waals surface area contributed by atoms with Gasteiger partial charge in [0.2, 0.25) is 15.0 Å². The molecule has 0 aromatic rings. The van der Waals surface area contributed by atoms with Crippen LogP contribution in [0.3, 0.4) is 0 Å². The van der Waals surface area contributed by atoms with Crippen molar-refractivity contribution in [3.63, 3.8) is 0 Å². The zero-order valence-corrected chi connectivity index (χ0v) is 3.35. The summed E-state index contributed by atoms with van der Waals surface area (Å²) in [5, 5.41) is 0. The van der Waals surface area contributed by atoms with Crippen LogP contribution in [0.15, 0.2) is 0 Å². The van der Waals surface area contributed by atoms with Crippen LogP contribution in [0.1, 0.15) is 0 Å². The van der Waals surface area contributed by atoms with Gasteiger partial charge in [0, 0.05) is 0 Å². The molecule has 1 unspecified atom stereocenters. The number of hydrogen-bond donors (Lipinski definition) is 2. The molecular weight excluding hydrogens is 87.8 g/mol. The first-order chi connectivity index (χ1) is 2.00. The van der Waals surface area contributed by atoms with Gasteiger partial charge in [-0.25, -0.2) is 0 Å². The van der Waals surface area contributed by atoms with E-state index in [0.717, 1.165) is 0 Å². The maximum atomic E-state index is 9.33. The molecule has 0 aromatic heterocycles. The average Bonchev–Trinajstić information content (AvgIpc) is 0.722. The average molecular weight is 90.8 g/mol. The van der Waals surface area contributed by atoms with Crippen LogP contribution in [0.5, 0.6) is 0 Å². The predicted molar refractivity (Wildman–Crippen MR) is 19.8 cm³/mol. The van der Waals surface area contributed by atoms with E-state index in [1.807, 2.05) is 0 Å². The number of nitrogens with two attached hydrogens (primary N) is 1. The highest BCUT2D eigenvalue weighted by Crippen LogP contribution is 2.19. The van der Waals surface area contributed by atoms with Gasteiger partial charge in [0.15, 0.2) is 0 Å². The van der Waals surface area contributed by atoms with E-state index in [9.17, 15) is 4.57 Å². The van der Waals surface area contributed by atoms with Crippen molar-refractivity contribution < 1.29 is 9.46 Å². The fourth-order valence-electron chi connectivity index (χ4n) is 0. The Labute approximate surface area is 31.1 Å². The van der Waals surface area contributed by atoms with Crippen LogP contribution in [0.2, 0.25) is 0 Å². The van der Waals surface area contributed by atoms with Crippen LogP contribution in [0.25, 0.3) is 0 Å². The van der Waals surface area contributed by atoms with Gasteiger partial charge in [0.1, 0.15) is 0 Å². The van der Waals surface area contributed by atoms with Gasteiger partial charge in [-0.15, -0.1) is 0 Å². The van der Waals surface area contributed by atoms with Crippen molar-refractivity contribution in [3.05, 3.63) is 0 Å².